The molecule has 0 aromatic heterocycles. The topological polar surface area (TPSA) is 314 Å². The van der Waals surface area contributed by atoms with Gasteiger partial charge in [0.1, 0.15) is 104 Å². The van der Waals surface area contributed by atoms with Gasteiger partial charge in [-0.1, -0.05) is 259 Å². The number of methoxy groups -OCH3 is 1. The molecular weight excluding hydrogens is 1660 g/mol. The second-order valence-corrected chi connectivity index (χ2v) is 32.2. The molecule has 4 saturated heterocycles. The zero-order chi connectivity index (χ0) is 86.5. The summed E-state index contributed by atoms with van der Waals surface area (Å²) in [6.07, 6.45) is -29.2. The number of aliphatic hydroxyl groups excluding tert-OH is 1. The molecule has 2 amide bonds. The lowest BCUT2D eigenvalue weighted by Crippen LogP contribution is -2.71. The van der Waals surface area contributed by atoms with E-state index in [0.717, 1.165) is 54.2 Å². The first-order valence-electron chi connectivity index (χ1n) is 40.4. The van der Waals surface area contributed by atoms with Crippen molar-refractivity contribution >= 4 is 64.7 Å². The van der Waals surface area contributed by atoms with Gasteiger partial charge in [0, 0.05) is 27.7 Å². The van der Waals surface area contributed by atoms with E-state index in [1.54, 1.807) is 19.2 Å². The molecule has 0 aliphatic carbocycles. The van der Waals surface area contributed by atoms with Crippen LogP contribution in [0.25, 0.3) is 0 Å². The Morgan fingerprint density at radius 3 is 1.11 bits per heavy atom. The summed E-state index contributed by atoms with van der Waals surface area (Å²) in [5.74, 6) is -2.66. The summed E-state index contributed by atoms with van der Waals surface area (Å²) < 4.78 is 134. The minimum atomic E-state index is -2.17. The van der Waals surface area contributed by atoms with Crippen LogP contribution in [0.2, 0.25) is 0 Å². The number of nitrogens with one attached hydrogen (secondary N) is 2. The summed E-state index contributed by atoms with van der Waals surface area (Å²) in [5.41, 5.74) is 5.93. The highest BCUT2D eigenvalue weighted by Gasteiger charge is 2.60. The highest BCUT2D eigenvalue weighted by atomic mass is 35.6. The molecule has 123 heavy (non-hydrogen) atoms. The van der Waals surface area contributed by atoms with Gasteiger partial charge in [-0.05, 0) is 56.6 Å². The van der Waals surface area contributed by atoms with Gasteiger partial charge in [0.15, 0.2) is 37.4 Å². The summed E-state index contributed by atoms with van der Waals surface area (Å²) in [5, 5.41) is 18.4. The van der Waals surface area contributed by atoms with Crippen LogP contribution in [-0.2, 0) is 162 Å². The number of hydrogen-bond acceptors (Lipinski definition) is 26. The standard InChI is InChI=1S/C92H103Cl3N2O26/c1-58(98)96-75-81(110-48-65-33-19-9-20-34-65)77(109-52-69-41-43-70(104-5)44-42-69)71(53-105-45-62-27-13-6-14-28-62)118-88(75)123-84-80(121-89-76(97-91(103)114-57-92(93,94)95)82(116-61(4)101)78(115-60(3)100)74(119-89)56-108-59(2)99)73(55-107-47-64-31-17-8-18-32-64)120-90(86(84)113-51-68-39-25-12-26-40-68)122-79-72(54-106-46-63-29-15-7-16-30-63)117-87(102)85(112-50-67-37-23-11-24-38-67)83(79)111-49-66-35-21-10-22-36-66/h6-44,71-90,102H,45-57H2,1-5H3,(H,96,98)(H,97,103)/t71-,72-,73+,74-,75+,76+,77-,78+,79+,80-,81+,82+,83+,84+,85-,86+,87+,88+,89+,90+/m0/s1. The smallest absolute Gasteiger partial charge is 0.407 e. The average Bonchev–Trinajstić information content (AvgIpc) is 0.752. The lowest BCUT2D eigenvalue weighted by Gasteiger charge is -2.53. The van der Waals surface area contributed by atoms with Crippen molar-refractivity contribution in [3.05, 3.63) is 281 Å². The fourth-order valence-corrected chi connectivity index (χ4v) is 14.8. The third-order valence-corrected chi connectivity index (χ3v) is 20.7. The molecule has 3 N–H and O–H groups in total. The maximum atomic E-state index is 14.6. The number of rotatable bonds is 41. The van der Waals surface area contributed by atoms with E-state index in [1.165, 1.54) is 6.92 Å². The molecule has 31 heteroatoms. The molecule has 8 aromatic carbocycles. The van der Waals surface area contributed by atoms with Gasteiger partial charge >= 0.3 is 24.0 Å². The summed E-state index contributed by atoms with van der Waals surface area (Å²) in [6, 6.07) is 69.4. The van der Waals surface area contributed by atoms with Crippen molar-refractivity contribution in [1.29, 1.82) is 0 Å². The summed E-state index contributed by atoms with van der Waals surface area (Å²) in [6.45, 7) is 1.83. The number of aliphatic hydroxyl groups is 1. The fraction of sp³-hybridized carbons (Fsp3) is 0.424. The number of alkyl carbamates (subject to hydrolysis) is 1. The molecular formula is C92H103Cl3N2O26. The van der Waals surface area contributed by atoms with Crippen molar-refractivity contribution in [2.75, 3.05) is 40.1 Å². The predicted molar refractivity (Wildman–Crippen MR) is 445 cm³/mol. The van der Waals surface area contributed by atoms with Crippen LogP contribution in [-0.4, -0.2) is 202 Å². The van der Waals surface area contributed by atoms with Crippen molar-refractivity contribution in [3.8, 4) is 5.75 Å². The van der Waals surface area contributed by atoms with Crippen LogP contribution >= 0.6 is 34.8 Å². The highest BCUT2D eigenvalue weighted by Crippen LogP contribution is 2.41. The molecule has 0 radical (unpaired) electrons. The minimum absolute atomic E-state index is 0.0280. The van der Waals surface area contributed by atoms with E-state index in [1.807, 2.05) is 224 Å². The van der Waals surface area contributed by atoms with E-state index < -0.39 is 176 Å². The number of esters is 3. The lowest BCUT2D eigenvalue weighted by molar-refractivity contribution is -0.399. The van der Waals surface area contributed by atoms with Gasteiger partial charge in [-0.15, -0.1) is 0 Å². The molecule has 8 aromatic rings. The van der Waals surface area contributed by atoms with Crippen molar-refractivity contribution in [2.45, 2.75) is 207 Å². The number of amides is 2. The molecule has 4 aliphatic heterocycles. The molecule has 12 rings (SSSR count). The van der Waals surface area contributed by atoms with E-state index in [2.05, 4.69) is 10.6 Å². The summed E-state index contributed by atoms with van der Waals surface area (Å²) in [7, 11) is 1.57. The van der Waals surface area contributed by atoms with E-state index >= 15 is 0 Å². The molecule has 4 aliphatic rings. The first-order chi connectivity index (χ1) is 59.7. The van der Waals surface area contributed by atoms with Crippen LogP contribution < -0.4 is 15.4 Å². The number of carbonyl (C=O) groups excluding carboxylic acids is 5. The lowest BCUT2D eigenvalue weighted by atomic mass is 9.93. The van der Waals surface area contributed by atoms with Crippen molar-refractivity contribution in [3.63, 3.8) is 0 Å². The maximum absolute atomic E-state index is 14.6. The van der Waals surface area contributed by atoms with E-state index in [-0.39, 0.29) is 66.1 Å². The Morgan fingerprint density at radius 2 is 0.683 bits per heavy atom. The summed E-state index contributed by atoms with van der Waals surface area (Å²) >= 11 is 18.6. The molecule has 4 fully saturated rings. The number of hydrogen-bond donors (Lipinski definition) is 3. The van der Waals surface area contributed by atoms with Crippen LogP contribution in [0.3, 0.4) is 0 Å². The molecule has 0 bridgehead atoms. The van der Waals surface area contributed by atoms with Gasteiger partial charge in [0.05, 0.1) is 79.8 Å². The molecule has 0 saturated carbocycles. The monoisotopic (exact) mass is 1760 g/mol. The second-order valence-electron chi connectivity index (χ2n) is 29.7. The van der Waals surface area contributed by atoms with Crippen LogP contribution in [0, 0.1) is 0 Å². The molecule has 20 atom stereocenters. The quantitative estimate of drug-likeness (QED) is 0.0182. The first-order valence-corrected chi connectivity index (χ1v) is 41.5. The predicted octanol–water partition coefficient (Wildman–Crippen LogP) is 12.0. The third kappa shape index (κ3) is 28.5. The number of benzene rings is 8. The Kier molecular flexibility index (Phi) is 35.8. The van der Waals surface area contributed by atoms with Gasteiger partial charge in [0.25, 0.3) is 0 Å². The Balaban J connectivity index is 1.07. The number of ether oxygens (including phenoxy) is 20. The number of carbonyl (C=O) groups is 5. The van der Waals surface area contributed by atoms with Crippen LogP contribution in [0.1, 0.15) is 72.2 Å². The van der Waals surface area contributed by atoms with Gasteiger partial charge in [0.2, 0.25) is 9.70 Å². The largest absolute Gasteiger partial charge is 0.497 e. The van der Waals surface area contributed by atoms with Gasteiger partial charge < -0.3 is 110 Å². The average molecular weight is 1760 g/mol. The van der Waals surface area contributed by atoms with Crippen LogP contribution in [0.15, 0.2) is 237 Å². The molecule has 4 heterocycles. The molecule has 0 spiro atoms. The maximum Gasteiger partial charge on any atom is 0.407 e. The van der Waals surface area contributed by atoms with Crippen molar-refractivity contribution in [1.82, 2.24) is 10.6 Å². The molecule has 0 unspecified atom stereocenters. The van der Waals surface area contributed by atoms with Gasteiger partial charge in [-0.3, -0.25) is 19.2 Å². The Hall–Kier alpha value is -9.06. The second kappa shape index (κ2) is 47.3. The highest BCUT2D eigenvalue weighted by molar-refractivity contribution is 6.67. The SMILES string of the molecule is COc1ccc(CO[C@@H]2[C@H](OCc3ccccc3)[C@@H](NC(C)=O)[C@@H](O[C@@H]3[C@@H](O[C@H]4O[C@@H](COC(C)=O)[C@@H](OC(C)=O)[C@H](OC(C)=O)[C@H]4NC(=O)OCC(Cl)(Cl)Cl)[C@@H](COCc4ccccc4)O[C@H](O[C@H]4[C@@H](OCc5ccccc5)[C@H](OCc5ccccc5)[C@H](O)O[C@H]4COCc4ccccc4)[C@@H]3OCc3ccccc3)O[C@H]2COCc2ccccc2)cc1. The fourth-order valence-electron chi connectivity index (χ4n) is 14.7. The van der Waals surface area contributed by atoms with Crippen LogP contribution in [0.5, 0.6) is 5.75 Å². The molecule has 28 nitrogen and oxygen atoms in total. The zero-order valence-corrected chi connectivity index (χ0v) is 70.8. The minimum Gasteiger partial charge on any atom is -0.497 e. The van der Waals surface area contributed by atoms with Crippen molar-refractivity contribution < 1.29 is 124 Å². The summed E-state index contributed by atoms with van der Waals surface area (Å²) in [4.78, 5) is 69.3. The number of alkyl halides is 3. The van der Waals surface area contributed by atoms with Gasteiger partial charge in [-0.2, -0.15) is 0 Å². The van der Waals surface area contributed by atoms with E-state index in [9.17, 15) is 29.1 Å². The van der Waals surface area contributed by atoms with Crippen LogP contribution in [0.4, 0.5) is 4.79 Å². The molecule has 658 valence electrons. The zero-order valence-electron chi connectivity index (χ0n) is 68.5. The Bertz CT molecular complexity index is 4490. The first kappa shape index (κ1) is 93.1. The Labute approximate surface area is 729 Å². The van der Waals surface area contributed by atoms with E-state index in [4.69, 9.17) is 130 Å². The van der Waals surface area contributed by atoms with E-state index in [0.29, 0.717) is 16.9 Å². The number of halogens is 3. The third-order valence-electron chi connectivity index (χ3n) is 20.4. The Morgan fingerprint density at radius 1 is 0.341 bits per heavy atom. The van der Waals surface area contributed by atoms with Crippen molar-refractivity contribution in [2.24, 2.45) is 0 Å². The normalized spacial score (nSPS) is 26.4. The van der Waals surface area contributed by atoms with Gasteiger partial charge in [-0.25, -0.2) is 4.79 Å².